The Morgan fingerprint density at radius 2 is 2.00 bits per heavy atom. The van der Waals surface area contributed by atoms with Crippen LogP contribution in [0, 0.1) is 11.3 Å². The first-order valence-electron chi connectivity index (χ1n) is 7.22. The Morgan fingerprint density at radius 1 is 1.25 bits per heavy atom. The van der Waals surface area contributed by atoms with E-state index in [9.17, 15) is 0 Å². The van der Waals surface area contributed by atoms with Gasteiger partial charge in [0.1, 0.15) is 0 Å². The van der Waals surface area contributed by atoms with Crippen LogP contribution in [0.2, 0.25) is 0 Å². The van der Waals surface area contributed by atoms with E-state index in [1.54, 1.807) is 0 Å². The summed E-state index contributed by atoms with van der Waals surface area (Å²) in [6.45, 7) is 6.68. The zero-order valence-electron chi connectivity index (χ0n) is 12.1. The molecule has 2 heterocycles. The third-order valence-electron chi connectivity index (χ3n) is 3.91. The number of hydrogen-bond donors (Lipinski definition) is 1. The molecule has 1 N–H and O–H groups in total. The van der Waals surface area contributed by atoms with Gasteiger partial charge in [0.2, 0.25) is 0 Å². The number of hydrogen-bond acceptors (Lipinski definition) is 4. The number of aromatic nitrogens is 4. The van der Waals surface area contributed by atoms with E-state index >= 15 is 0 Å². The highest BCUT2D eigenvalue weighted by Crippen LogP contribution is 2.34. The van der Waals surface area contributed by atoms with Crippen molar-refractivity contribution in [1.82, 2.24) is 25.5 Å². The van der Waals surface area contributed by atoms with Crippen molar-refractivity contribution in [1.29, 1.82) is 0 Å². The number of nitrogens with zero attached hydrogens (tertiary/aromatic N) is 4. The molecule has 0 atom stereocenters. The highest BCUT2D eigenvalue weighted by atomic mass is 15.5. The molecule has 1 aromatic carbocycles. The normalized spacial score (nSPS) is 17.1. The first kappa shape index (κ1) is 13.2. The van der Waals surface area contributed by atoms with Crippen molar-refractivity contribution in [3.63, 3.8) is 0 Å². The lowest BCUT2D eigenvalue weighted by molar-refractivity contribution is 0.127. The second-order valence-electron chi connectivity index (χ2n) is 6.22. The molecule has 2 aromatic rings. The molecule has 0 saturated carbocycles. The Hall–Kier alpha value is -1.75. The standard InChI is InChI=1S/C15H21N5/c1-12(2)8-15(10-16-11-15)9-14-17-18-19-20(14)13-6-4-3-5-7-13/h3-7,12,16H,8-11H2,1-2H3. The molecule has 20 heavy (non-hydrogen) atoms. The summed E-state index contributed by atoms with van der Waals surface area (Å²) >= 11 is 0. The van der Waals surface area contributed by atoms with Gasteiger partial charge in [0.15, 0.2) is 5.82 Å². The molecule has 1 fully saturated rings. The van der Waals surface area contributed by atoms with Gasteiger partial charge in [-0.25, -0.2) is 0 Å². The molecule has 1 saturated heterocycles. The second-order valence-corrected chi connectivity index (χ2v) is 6.22. The van der Waals surface area contributed by atoms with Crippen LogP contribution in [0.4, 0.5) is 0 Å². The minimum Gasteiger partial charge on any atom is -0.316 e. The van der Waals surface area contributed by atoms with Crippen molar-refractivity contribution >= 4 is 0 Å². The largest absolute Gasteiger partial charge is 0.316 e. The molecule has 106 valence electrons. The van der Waals surface area contributed by atoms with Crippen LogP contribution in [-0.2, 0) is 6.42 Å². The summed E-state index contributed by atoms with van der Waals surface area (Å²) < 4.78 is 1.86. The molecule has 3 rings (SSSR count). The fourth-order valence-corrected chi connectivity index (χ4v) is 3.11. The lowest BCUT2D eigenvalue weighted by Gasteiger charge is -2.43. The minimum atomic E-state index is 0.315. The fraction of sp³-hybridized carbons (Fsp3) is 0.533. The van der Waals surface area contributed by atoms with Gasteiger partial charge in [-0.15, -0.1) is 5.10 Å². The molecule has 0 radical (unpaired) electrons. The van der Waals surface area contributed by atoms with Crippen LogP contribution in [0.15, 0.2) is 30.3 Å². The van der Waals surface area contributed by atoms with Gasteiger partial charge in [0, 0.05) is 24.9 Å². The van der Waals surface area contributed by atoms with Crippen molar-refractivity contribution < 1.29 is 0 Å². The third kappa shape index (κ3) is 2.58. The van der Waals surface area contributed by atoms with E-state index < -0.39 is 0 Å². The number of tetrazole rings is 1. The Morgan fingerprint density at radius 3 is 2.60 bits per heavy atom. The summed E-state index contributed by atoms with van der Waals surface area (Å²) in [7, 11) is 0. The van der Waals surface area contributed by atoms with E-state index in [1.807, 2.05) is 35.0 Å². The summed E-state index contributed by atoms with van der Waals surface area (Å²) in [5.74, 6) is 1.65. The maximum Gasteiger partial charge on any atom is 0.157 e. The van der Waals surface area contributed by atoms with Gasteiger partial charge >= 0.3 is 0 Å². The van der Waals surface area contributed by atoms with E-state index in [1.165, 1.54) is 6.42 Å². The average Bonchev–Trinajstić information content (AvgIpc) is 2.84. The van der Waals surface area contributed by atoms with Crippen LogP contribution >= 0.6 is 0 Å². The van der Waals surface area contributed by atoms with Crippen molar-refractivity contribution in [2.24, 2.45) is 11.3 Å². The fourth-order valence-electron chi connectivity index (χ4n) is 3.11. The maximum absolute atomic E-state index is 4.24. The molecular formula is C15H21N5. The van der Waals surface area contributed by atoms with E-state index in [-0.39, 0.29) is 0 Å². The van der Waals surface area contributed by atoms with Crippen molar-refractivity contribution in [2.45, 2.75) is 26.7 Å². The summed E-state index contributed by atoms with van der Waals surface area (Å²) in [6, 6.07) is 10.1. The van der Waals surface area contributed by atoms with Gasteiger partial charge in [0.25, 0.3) is 0 Å². The lowest BCUT2D eigenvalue weighted by atomic mass is 9.72. The molecule has 0 aliphatic carbocycles. The molecule has 5 nitrogen and oxygen atoms in total. The SMILES string of the molecule is CC(C)CC1(Cc2nnnn2-c2ccccc2)CNC1. The number of benzene rings is 1. The predicted octanol–water partition coefficient (Wildman–Crippen LogP) is 1.84. The van der Waals surface area contributed by atoms with E-state index in [4.69, 9.17) is 0 Å². The number of para-hydroxylation sites is 1. The zero-order valence-corrected chi connectivity index (χ0v) is 12.1. The molecule has 0 spiro atoms. The summed E-state index contributed by atoms with van der Waals surface area (Å²) in [5, 5.41) is 15.6. The Balaban J connectivity index is 1.83. The van der Waals surface area contributed by atoms with Gasteiger partial charge in [-0.2, -0.15) is 4.68 Å². The second kappa shape index (κ2) is 5.32. The van der Waals surface area contributed by atoms with E-state index in [2.05, 4.69) is 34.7 Å². The minimum absolute atomic E-state index is 0.315. The molecule has 1 aromatic heterocycles. The predicted molar refractivity (Wildman–Crippen MR) is 77.6 cm³/mol. The highest BCUT2D eigenvalue weighted by Gasteiger charge is 2.39. The first-order chi connectivity index (χ1) is 9.69. The Bertz CT molecular complexity index is 557. The Kier molecular flexibility index (Phi) is 3.53. The van der Waals surface area contributed by atoms with Gasteiger partial charge < -0.3 is 5.32 Å². The average molecular weight is 271 g/mol. The van der Waals surface area contributed by atoms with Crippen LogP contribution in [-0.4, -0.2) is 33.3 Å². The van der Waals surface area contributed by atoms with Gasteiger partial charge in [0.05, 0.1) is 5.69 Å². The van der Waals surface area contributed by atoms with Crippen LogP contribution in [0.1, 0.15) is 26.1 Å². The van der Waals surface area contributed by atoms with E-state index in [0.29, 0.717) is 11.3 Å². The number of rotatable bonds is 5. The monoisotopic (exact) mass is 271 g/mol. The molecular weight excluding hydrogens is 250 g/mol. The van der Waals surface area contributed by atoms with Gasteiger partial charge in [-0.05, 0) is 34.9 Å². The lowest BCUT2D eigenvalue weighted by Crippen LogP contribution is -2.55. The van der Waals surface area contributed by atoms with E-state index in [0.717, 1.165) is 31.0 Å². The van der Waals surface area contributed by atoms with Crippen LogP contribution in [0.3, 0.4) is 0 Å². The van der Waals surface area contributed by atoms with Crippen LogP contribution in [0.5, 0.6) is 0 Å². The molecule has 1 aliphatic rings. The molecule has 0 unspecified atom stereocenters. The summed E-state index contributed by atoms with van der Waals surface area (Å²) in [5.41, 5.74) is 1.34. The first-order valence-corrected chi connectivity index (χ1v) is 7.22. The summed E-state index contributed by atoms with van der Waals surface area (Å²) in [6.07, 6.45) is 2.14. The third-order valence-corrected chi connectivity index (χ3v) is 3.91. The van der Waals surface area contributed by atoms with Gasteiger partial charge in [-0.1, -0.05) is 32.0 Å². The van der Waals surface area contributed by atoms with Crippen molar-refractivity contribution in [2.75, 3.05) is 13.1 Å². The molecule has 0 amide bonds. The highest BCUT2D eigenvalue weighted by molar-refractivity contribution is 5.30. The molecule has 0 bridgehead atoms. The maximum atomic E-state index is 4.24. The van der Waals surface area contributed by atoms with Crippen LogP contribution in [0.25, 0.3) is 5.69 Å². The quantitative estimate of drug-likeness (QED) is 0.901. The van der Waals surface area contributed by atoms with Crippen molar-refractivity contribution in [3.8, 4) is 5.69 Å². The van der Waals surface area contributed by atoms with Crippen molar-refractivity contribution in [3.05, 3.63) is 36.2 Å². The molecule has 1 aliphatic heterocycles. The molecule has 5 heteroatoms. The summed E-state index contributed by atoms with van der Waals surface area (Å²) in [4.78, 5) is 0. The number of nitrogens with one attached hydrogen (secondary N) is 1. The smallest absolute Gasteiger partial charge is 0.157 e. The van der Waals surface area contributed by atoms with Gasteiger partial charge in [-0.3, -0.25) is 0 Å². The zero-order chi connectivity index (χ0) is 14.0. The topological polar surface area (TPSA) is 55.6 Å². The van der Waals surface area contributed by atoms with Crippen LogP contribution < -0.4 is 5.32 Å². The Labute approximate surface area is 119 Å².